The number of ketones is 1. The van der Waals surface area contributed by atoms with Crippen molar-refractivity contribution in [2.24, 2.45) is 0 Å². The Morgan fingerprint density at radius 2 is 2.00 bits per heavy atom. The van der Waals surface area contributed by atoms with Crippen molar-refractivity contribution >= 4 is 5.78 Å². The zero-order valence-corrected chi connectivity index (χ0v) is 10.1. The van der Waals surface area contributed by atoms with Crippen molar-refractivity contribution in [1.29, 1.82) is 0 Å². The number of hydrogen-bond acceptors (Lipinski definition) is 3. The molecule has 0 aliphatic heterocycles. The Morgan fingerprint density at radius 3 is 2.59 bits per heavy atom. The number of rotatable bonds is 3. The van der Waals surface area contributed by atoms with Gasteiger partial charge in [-0.1, -0.05) is 12.1 Å². The Kier molecular flexibility index (Phi) is 3.00. The van der Waals surface area contributed by atoms with Crippen molar-refractivity contribution in [3.05, 3.63) is 41.7 Å². The first kappa shape index (κ1) is 11.5. The molecule has 0 unspecified atom stereocenters. The standard InChI is InChI=1S/C14H14O3/c1-9(15)12-8-14(17-10(12)2)11-6-4-5-7-13(11)16-3/h4-8H,1-3H3. The fraction of sp³-hybridized carbons (Fsp3) is 0.214. The Hall–Kier alpha value is -2.03. The summed E-state index contributed by atoms with van der Waals surface area (Å²) < 4.78 is 10.9. The summed E-state index contributed by atoms with van der Waals surface area (Å²) >= 11 is 0. The van der Waals surface area contributed by atoms with E-state index in [1.54, 1.807) is 20.1 Å². The van der Waals surface area contributed by atoms with Gasteiger partial charge < -0.3 is 9.15 Å². The lowest BCUT2D eigenvalue weighted by Gasteiger charge is -2.04. The van der Waals surface area contributed by atoms with Crippen molar-refractivity contribution in [1.82, 2.24) is 0 Å². The minimum Gasteiger partial charge on any atom is -0.496 e. The van der Waals surface area contributed by atoms with E-state index in [9.17, 15) is 4.79 Å². The Labute approximate surface area is 100 Å². The van der Waals surface area contributed by atoms with Gasteiger partial charge in [0.2, 0.25) is 0 Å². The first-order valence-electron chi connectivity index (χ1n) is 5.38. The van der Waals surface area contributed by atoms with E-state index in [2.05, 4.69) is 0 Å². The van der Waals surface area contributed by atoms with Crippen LogP contribution in [0, 0.1) is 6.92 Å². The molecule has 1 aromatic carbocycles. The number of carbonyl (C=O) groups excluding carboxylic acids is 1. The fourth-order valence-electron chi connectivity index (χ4n) is 1.81. The molecule has 0 aliphatic carbocycles. The summed E-state index contributed by atoms with van der Waals surface area (Å²) in [6.45, 7) is 3.32. The van der Waals surface area contributed by atoms with Gasteiger partial charge in [0.25, 0.3) is 0 Å². The summed E-state index contributed by atoms with van der Waals surface area (Å²) in [7, 11) is 1.61. The molecule has 3 heteroatoms. The average molecular weight is 230 g/mol. The Morgan fingerprint density at radius 1 is 1.29 bits per heavy atom. The molecule has 17 heavy (non-hydrogen) atoms. The number of benzene rings is 1. The van der Waals surface area contributed by atoms with Crippen LogP contribution in [0.3, 0.4) is 0 Å². The summed E-state index contributed by atoms with van der Waals surface area (Å²) in [4.78, 5) is 11.4. The van der Waals surface area contributed by atoms with Crippen LogP contribution in [-0.2, 0) is 0 Å². The average Bonchev–Trinajstić information content (AvgIpc) is 2.71. The largest absolute Gasteiger partial charge is 0.496 e. The van der Waals surface area contributed by atoms with E-state index in [4.69, 9.17) is 9.15 Å². The topological polar surface area (TPSA) is 39.4 Å². The van der Waals surface area contributed by atoms with Crippen molar-refractivity contribution in [2.75, 3.05) is 7.11 Å². The fourth-order valence-corrected chi connectivity index (χ4v) is 1.81. The van der Waals surface area contributed by atoms with Crippen LogP contribution in [0.25, 0.3) is 11.3 Å². The number of carbonyl (C=O) groups is 1. The molecule has 0 saturated carbocycles. The van der Waals surface area contributed by atoms with E-state index in [1.807, 2.05) is 24.3 Å². The third-order valence-electron chi connectivity index (χ3n) is 2.67. The molecule has 1 aromatic heterocycles. The SMILES string of the molecule is COc1ccccc1-c1cc(C(C)=O)c(C)o1. The molecule has 1 heterocycles. The van der Waals surface area contributed by atoms with E-state index in [0.29, 0.717) is 17.1 Å². The van der Waals surface area contributed by atoms with Crippen molar-refractivity contribution in [2.45, 2.75) is 13.8 Å². The minimum absolute atomic E-state index is 0.00685. The van der Waals surface area contributed by atoms with E-state index in [1.165, 1.54) is 6.92 Å². The summed E-state index contributed by atoms with van der Waals surface area (Å²) in [5, 5.41) is 0. The highest BCUT2D eigenvalue weighted by Crippen LogP contribution is 2.32. The molecular formula is C14H14O3. The predicted molar refractivity (Wildman–Crippen MR) is 65.4 cm³/mol. The van der Waals surface area contributed by atoms with Crippen LogP contribution in [0.4, 0.5) is 0 Å². The van der Waals surface area contributed by atoms with E-state index < -0.39 is 0 Å². The second-order valence-corrected chi connectivity index (χ2v) is 3.84. The lowest BCUT2D eigenvalue weighted by molar-refractivity contribution is 0.101. The van der Waals surface area contributed by atoms with Gasteiger partial charge in [0.1, 0.15) is 17.3 Å². The van der Waals surface area contributed by atoms with E-state index in [-0.39, 0.29) is 5.78 Å². The van der Waals surface area contributed by atoms with Crippen LogP contribution < -0.4 is 4.74 Å². The minimum atomic E-state index is 0.00685. The van der Waals surface area contributed by atoms with Gasteiger partial charge in [-0.25, -0.2) is 0 Å². The number of ether oxygens (including phenoxy) is 1. The van der Waals surface area contributed by atoms with Gasteiger partial charge >= 0.3 is 0 Å². The molecule has 0 atom stereocenters. The van der Waals surface area contributed by atoms with Gasteiger partial charge in [0.15, 0.2) is 5.78 Å². The first-order chi connectivity index (χ1) is 8.13. The second kappa shape index (κ2) is 4.45. The van der Waals surface area contributed by atoms with Crippen LogP contribution in [-0.4, -0.2) is 12.9 Å². The third kappa shape index (κ3) is 2.09. The molecule has 0 fully saturated rings. The highest BCUT2D eigenvalue weighted by Gasteiger charge is 2.14. The highest BCUT2D eigenvalue weighted by atomic mass is 16.5. The van der Waals surface area contributed by atoms with Gasteiger partial charge in [-0.3, -0.25) is 4.79 Å². The van der Waals surface area contributed by atoms with Gasteiger partial charge in [-0.2, -0.15) is 0 Å². The number of hydrogen-bond donors (Lipinski definition) is 0. The summed E-state index contributed by atoms with van der Waals surface area (Å²) in [5.74, 6) is 2.03. The quantitative estimate of drug-likeness (QED) is 0.758. The Bertz CT molecular complexity index is 552. The van der Waals surface area contributed by atoms with Gasteiger partial charge in [0, 0.05) is 0 Å². The number of Topliss-reactive ketones (excluding diaryl/α,β-unsaturated/α-hetero) is 1. The van der Waals surface area contributed by atoms with Crippen molar-refractivity contribution in [3.63, 3.8) is 0 Å². The number of furan rings is 1. The number of methoxy groups -OCH3 is 1. The van der Waals surface area contributed by atoms with Gasteiger partial charge in [0.05, 0.1) is 18.2 Å². The maximum atomic E-state index is 11.4. The maximum absolute atomic E-state index is 11.4. The molecular weight excluding hydrogens is 216 g/mol. The maximum Gasteiger partial charge on any atom is 0.163 e. The first-order valence-corrected chi connectivity index (χ1v) is 5.38. The number of aryl methyl sites for hydroxylation is 1. The zero-order chi connectivity index (χ0) is 12.4. The third-order valence-corrected chi connectivity index (χ3v) is 2.67. The highest BCUT2D eigenvalue weighted by molar-refractivity contribution is 5.96. The monoisotopic (exact) mass is 230 g/mol. The molecule has 0 saturated heterocycles. The molecule has 0 spiro atoms. The van der Waals surface area contributed by atoms with Crippen LogP contribution in [0.5, 0.6) is 5.75 Å². The molecule has 2 aromatic rings. The van der Waals surface area contributed by atoms with Crippen molar-refractivity contribution in [3.8, 4) is 17.1 Å². The molecule has 0 aliphatic rings. The molecule has 0 radical (unpaired) electrons. The molecule has 0 amide bonds. The summed E-state index contributed by atoms with van der Waals surface area (Å²) in [6, 6.07) is 9.32. The zero-order valence-electron chi connectivity index (χ0n) is 10.1. The van der Waals surface area contributed by atoms with E-state index in [0.717, 1.165) is 11.3 Å². The summed E-state index contributed by atoms with van der Waals surface area (Å²) in [6.07, 6.45) is 0. The molecule has 88 valence electrons. The molecule has 0 bridgehead atoms. The van der Waals surface area contributed by atoms with E-state index >= 15 is 0 Å². The smallest absolute Gasteiger partial charge is 0.163 e. The Balaban J connectivity index is 2.53. The van der Waals surface area contributed by atoms with Crippen LogP contribution in [0.1, 0.15) is 23.0 Å². The predicted octanol–water partition coefficient (Wildman–Crippen LogP) is 3.47. The molecule has 2 rings (SSSR count). The lowest BCUT2D eigenvalue weighted by Crippen LogP contribution is -1.90. The summed E-state index contributed by atoms with van der Waals surface area (Å²) in [5.41, 5.74) is 1.47. The normalized spacial score (nSPS) is 10.3. The molecule has 3 nitrogen and oxygen atoms in total. The van der Waals surface area contributed by atoms with Crippen molar-refractivity contribution < 1.29 is 13.9 Å². The van der Waals surface area contributed by atoms with Crippen LogP contribution >= 0.6 is 0 Å². The van der Waals surface area contributed by atoms with Gasteiger partial charge in [-0.05, 0) is 32.0 Å². The second-order valence-electron chi connectivity index (χ2n) is 3.84. The molecule has 0 N–H and O–H groups in total. The van der Waals surface area contributed by atoms with Crippen LogP contribution in [0.15, 0.2) is 34.7 Å². The van der Waals surface area contributed by atoms with Crippen LogP contribution in [0.2, 0.25) is 0 Å². The van der Waals surface area contributed by atoms with Gasteiger partial charge in [-0.15, -0.1) is 0 Å². The lowest BCUT2D eigenvalue weighted by atomic mass is 10.1. The number of para-hydroxylation sites is 1.